The number of hydrogen-bond acceptors (Lipinski definition) is 6. The molecule has 0 amide bonds. The summed E-state index contributed by atoms with van der Waals surface area (Å²) in [5, 5.41) is 0. The molecule has 0 aliphatic heterocycles. The highest BCUT2D eigenvalue weighted by atomic mass is 16.5. The van der Waals surface area contributed by atoms with Crippen LogP contribution in [0, 0.1) is 6.92 Å². The lowest BCUT2D eigenvalue weighted by Crippen LogP contribution is -2.04. The van der Waals surface area contributed by atoms with Crippen molar-refractivity contribution in [2.24, 2.45) is 0 Å². The second-order valence-corrected chi connectivity index (χ2v) is 4.18. The van der Waals surface area contributed by atoms with Crippen molar-refractivity contribution in [3.8, 4) is 17.6 Å². The Kier molecular flexibility index (Phi) is 4.71. The number of esters is 1. The van der Waals surface area contributed by atoms with E-state index >= 15 is 0 Å². The molecule has 1 aromatic heterocycles. The minimum atomic E-state index is -0.363. The van der Waals surface area contributed by atoms with Gasteiger partial charge in [0.05, 0.1) is 19.3 Å². The lowest BCUT2D eigenvalue weighted by molar-refractivity contribution is 0.0526. The van der Waals surface area contributed by atoms with Gasteiger partial charge < -0.3 is 14.2 Å². The van der Waals surface area contributed by atoms with Crippen LogP contribution in [0.2, 0.25) is 0 Å². The molecule has 2 rings (SSSR count). The van der Waals surface area contributed by atoms with Crippen LogP contribution in [-0.4, -0.2) is 29.7 Å². The maximum atomic E-state index is 11.5. The highest BCUT2D eigenvalue weighted by Crippen LogP contribution is 2.21. The number of rotatable bonds is 5. The minimum absolute atomic E-state index is 0.190. The summed E-state index contributed by atoms with van der Waals surface area (Å²) in [4.78, 5) is 19.8. The van der Waals surface area contributed by atoms with Crippen LogP contribution in [0.5, 0.6) is 17.6 Å². The van der Waals surface area contributed by atoms with Gasteiger partial charge >= 0.3 is 12.0 Å². The number of aryl methyl sites for hydroxylation is 1. The van der Waals surface area contributed by atoms with E-state index in [0.29, 0.717) is 23.8 Å². The van der Waals surface area contributed by atoms with Gasteiger partial charge in [-0.1, -0.05) is 0 Å². The van der Waals surface area contributed by atoms with Crippen molar-refractivity contribution in [2.75, 3.05) is 13.7 Å². The van der Waals surface area contributed by atoms with E-state index in [2.05, 4.69) is 9.97 Å². The molecule has 6 heteroatoms. The zero-order chi connectivity index (χ0) is 15.2. The van der Waals surface area contributed by atoms with Crippen LogP contribution in [0.25, 0.3) is 0 Å². The normalized spacial score (nSPS) is 10.0. The Morgan fingerprint density at radius 1 is 1.19 bits per heavy atom. The van der Waals surface area contributed by atoms with Crippen LogP contribution in [0.15, 0.2) is 30.3 Å². The Morgan fingerprint density at radius 2 is 1.90 bits per heavy atom. The number of aromatic nitrogens is 2. The van der Waals surface area contributed by atoms with Crippen LogP contribution >= 0.6 is 0 Å². The number of carbonyl (C=O) groups is 1. The summed E-state index contributed by atoms with van der Waals surface area (Å²) in [6.45, 7) is 3.92. The standard InChI is InChI=1S/C15H16N2O4/c1-4-20-14(18)11-5-7-12(8-6-11)21-15-16-10(2)9-13(17-15)19-3/h5-9H,4H2,1-3H3. The van der Waals surface area contributed by atoms with Crippen LogP contribution in [0.4, 0.5) is 0 Å². The maximum absolute atomic E-state index is 11.5. The van der Waals surface area contributed by atoms with Gasteiger partial charge in [0.15, 0.2) is 0 Å². The van der Waals surface area contributed by atoms with E-state index in [-0.39, 0.29) is 12.0 Å². The molecule has 6 nitrogen and oxygen atoms in total. The molecule has 0 spiro atoms. The van der Waals surface area contributed by atoms with E-state index in [1.54, 1.807) is 37.3 Å². The topological polar surface area (TPSA) is 70.5 Å². The Labute approximate surface area is 122 Å². The van der Waals surface area contributed by atoms with Gasteiger partial charge in [-0.3, -0.25) is 0 Å². The fraction of sp³-hybridized carbons (Fsp3) is 0.267. The predicted octanol–water partition coefficient (Wildman–Crippen LogP) is 2.76. The predicted molar refractivity (Wildman–Crippen MR) is 75.8 cm³/mol. The number of methoxy groups -OCH3 is 1. The van der Waals surface area contributed by atoms with E-state index in [4.69, 9.17) is 14.2 Å². The van der Waals surface area contributed by atoms with Crippen LogP contribution < -0.4 is 9.47 Å². The summed E-state index contributed by atoms with van der Waals surface area (Å²) in [5.74, 6) is 0.592. The molecule has 0 radical (unpaired) electrons. The summed E-state index contributed by atoms with van der Waals surface area (Å²) in [7, 11) is 1.53. The Balaban J connectivity index is 2.13. The maximum Gasteiger partial charge on any atom is 0.338 e. The molecule has 0 fully saturated rings. The number of nitrogens with zero attached hydrogens (tertiary/aromatic N) is 2. The molecular formula is C15H16N2O4. The zero-order valence-electron chi connectivity index (χ0n) is 12.1. The second-order valence-electron chi connectivity index (χ2n) is 4.18. The average molecular weight is 288 g/mol. The van der Waals surface area contributed by atoms with Crippen molar-refractivity contribution in [3.63, 3.8) is 0 Å². The van der Waals surface area contributed by atoms with Crippen LogP contribution in [0.1, 0.15) is 23.0 Å². The first-order valence-electron chi connectivity index (χ1n) is 6.47. The van der Waals surface area contributed by atoms with Gasteiger partial charge in [-0.2, -0.15) is 9.97 Å². The average Bonchev–Trinajstić information content (AvgIpc) is 2.47. The molecule has 0 unspecified atom stereocenters. The monoisotopic (exact) mass is 288 g/mol. The van der Waals surface area contributed by atoms with E-state index in [9.17, 15) is 4.79 Å². The zero-order valence-corrected chi connectivity index (χ0v) is 12.1. The van der Waals surface area contributed by atoms with E-state index in [1.165, 1.54) is 7.11 Å². The lowest BCUT2D eigenvalue weighted by Gasteiger charge is -2.07. The Bertz CT molecular complexity index is 626. The second kappa shape index (κ2) is 6.69. The molecule has 0 aliphatic rings. The summed E-state index contributed by atoms with van der Waals surface area (Å²) in [6.07, 6.45) is 0. The third-order valence-electron chi connectivity index (χ3n) is 2.59. The van der Waals surface area contributed by atoms with Crippen molar-refractivity contribution >= 4 is 5.97 Å². The van der Waals surface area contributed by atoms with Crippen LogP contribution in [-0.2, 0) is 4.74 Å². The number of benzene rings is 1. The molecule has 0 saturated carbocycles. The van der Waals surface area contributed by atoms with Gasteiger partial charge in [0, 0.05) is 11.8 Å². The summed E-state index contributed by atoms with van der Waals surface area (Å²) in [6, 6.07) is 8.46. The first kappa shape index (κ1) is 14.8. The summed E-state index contributed by atoms with van der Waals surface area (Å²) >= 11 is 0. The van der Waals surface area contributed by atoms with Gasteiger partial charge in [-0.05, 0) is 38.1 Å². The van der Waals surface area contributed by atoms with Crippen molar-refractivity contribution in [2.45, 2.75) is 13.8 Å². The van der Waals surface area contributed by atoms with Gasteiger partial charge in [0.1, 0.15) is 5.75 Å². The number of carbonyl (C=O) groups excluding carboxylic acids is 1. The number of ether oxygens (including phenoxy) is 3. The van der Waals surface area contributed by atoms with Crippen molar-refractivity contribution in [1.82, 2.24) is 9.97 Å². The third-order valence-corrected chi connectivity index (χ3v) is 2.59. The first-order chi connectivity index (χ1) is 10.1. The molecule has 1 heterocycles. The fourth-order valence-electron chi connectivity index (χ4n) is 1.64. The Morgan fingerprint density at radius 3 is 2.52 bits per heavy atom. The van der Waals surface area contributed by atoms with Gasteiger partial charge in [0.25, 0.3) is 0 Å². The van der Waals surface area contributed by atoms with E-state index in [1.807, 2.05) is 6.92 Å². The molecule has 0 saturated heterocycles. The van der Waals surface area contributed by atoms with Gasteiger partial charge in [-0.25, -0.2) is 4.79 Å². The highest BCUT2D eigenvalue weighted by molar-refractivity contribution is 5.89. The third kappa shape index (κ3) is 3.92. The molecule has 0 aliphatic carbocycles. The Hall–Kier alpha value is -2.63. The van der Waals surface area contributed by atoms with Crippen molar-refractivity contribution < 1.29 is 19.0 Å². The van der Waals surface area contributed by atoms with Gasteiger partial charge in [0.2, 0.25) is 5.88 Å². The molecule has 110 valence electrons. The first-order valence-corrected chi connectivity index (χ1v) is 6.47. The molecule has 2 aromatic rings. The SMILES string of the molecule is CCOC(=O)c1ccc(Oc2nc(C)cc(OC)n2)cc1. The quantitative estimate of drug-likeness (QED) is 0.788. The summed E-state index contributed by atoms with van der Waals surface area (Å²) < 4.78 is 15.5. The lowest BCUT2D eigenvalue weighted by atomic mass is 10.2. The molecule has 0 bridgehead atoms. The largest absolute Gasteiger partial charge is 0.481 e. The van der Waals surface area contributed by atoms with E-state index in [0.717, 1.165) is 5.69 Å². The molecular weight excluding hydrogens is 272 g/mol. The van der Waals surface area contributed by atoms with Crippen LogP contribution in [0.3, 0.4) is 0 Å². The summed E-state index contributed by atoms with van der Waals surface area (Å²) in [5.41, 5.74) is 1.20. The number of hydrogen-bond donors (Lipinski definition) is 0. The molecule has 0 atom stereocenters. The highest BCUT2D eigenvalue weighted by Gasteiger charge is 2.08. The molecule has 1 aromatic carbocycles. The minimum Gasteiger partial charge on any atom is -0.481 e. The van der Waals surface area contributed by atoms with E-state index < -0.39 is 0 Å². The van der Waals surface area contributed by atoms with Gasteiger partial charge in [-0.15, -0.1) is 0 Å². The fourth-order valence-corrected chi connectivity index (χ4v) is 1.64. The molecule has 21 heavy (non-hydrogen) atoms. The molecule has 0 N–H and O–H groups in total. The smallest absolute Gasteiger partial charge is 0.338 e. The van der Waals surface area contributed by atoms with Crippen molar-refractivity contribution in [1.29, 1.82) is 0 Å². The van der Waals surface area contributed by atoms with Crippen molar-refractivity contribution in [3.05, 3.63) is 41.6 Å².